The van der Waals surface area contributed by atoms with Gasteiger partial charge in [-0.1, -0.05) is 13.8 Å². The van der Waals surface area contributed by atoms with E-state index in [9.17, 15) is 0 Å². The number of nitrogens with one attached hydrogen (secondary N) is 1. The Morgan fingerprint density at radius 2 is 1.79 bits per heavy atom. The van der Waals surface area contributed by atoms with Gasteiger partial charge in [0.1, 0.15) is 0 Å². The molecular weight excluding hydrogens is 176 g/mol. The lowest BCUT2D eigenvalue weighted by Gasteiger charge is -2.26. The first-order valence-electron chi connectivity index (χ1n) is 5.37. The van der Waals surface area contributed by atoms with Crippen LogP contribution < -0.4 is 5.32 Å². The molecule has 0 aliphatic heterocycles. The van der Waals surface area contributed by atoms with E-state index in [2.05, 4.69) is 45.1 Å². The molecule has 3 heteroatoms. The van der Waals surface area contributed by atoms with Gasteiger partial charge in [0.05, 0.1) is 6.61 Å². The first-order chi connectivity index (χ1) is 6.49. The molecule has 0 fully saturated rings. The highest BCUT2D eigenvalue weighted by Crippen LogP contribution is 2.02. The number of ether oxygens (including phenoxy) is 1. The zero-order valence-corrected chi connectivity index (χ0v) is 10.5. The molecule has 0 aliphatic rings. The van der Waals surface area contributed by atoms with Gasteiger partial charge in [0.2, 0.25) is 0 Å². The van der Waals surface area contributed by atoms with Gasteiger partial charge >= 0.3 is 0 Å². The lowest BCUT2D eigenvalue weighted by Crippen LogP contribution is -2.44. The molecule has 0 rings (SSSR count). The van der Waals surface area contributed by atoms with Crippen LogP contribution in [0.15, 0.2) is 0 Å². The van der Waals surface area contributed by atoms with Crippen molar-refractivity contribution in [3.63, 3.8) is 0 Å². The SMILES string of the molecule is COCC(NCC(C)N(C)C)C(C)C. The van der Waals surface area contributed by atoms with Crippen LogP contribution in [-0.2, 0) is 4.74 Å². The number of hydrogen-bond acceptors (Lipinski definition) is 3. The minimum absolute atomic E-state index is 0.461. The summed E-state index contributed by atoms with van der Waals surface area (Å²) in [6, 6.07) is 1.02. The Kier molecular flexibility index (Phi) is 7.15. The maximum atomic E-state index is 5.18. The van der Waals surface area contributed by atoms with E-state index in [4.69, 9.17) is 4.74 Å². The van der Waals surface area contributed by atoms with Crippen LogP contribution in [0.2, 0.25) is 0 Å². The monoisotopic (exact) mass is 202 g/mol. The highest BCUT2D eigenvalue weighted by atomic mass is 16.5. The molecule has 0 saturated heterocycles. The van der Waals surface area contributed by atoms with E-state index in [-0.39, 0.29) is 0 Å². The number of nitrogens with zero attached hydrogens (tertiary/aromatic N) is 1. The predicted octanol–water partition coefficient (Wildman–Crippen LogP) is 1.20. The standard InChI is InChI=1S/C11H26N2O/c1-9(2)11(8-14-6)12-7-10(3)13(4)5/h9-12H,7-8H2,1-6H3. The van der Waals surface area contributed by atoms with Crippen molar-refractivity contribution in [2.75, 3.05) is 34.4 Å². The number of methoxy groups -OCH3 is 1. The van der Waals surface area contributed by atoms with Crippen molar-refractivity contribution in [3.05, 3.63) is 0 Å². The summed E-state index contributed by atoms with van der Waals surface area (Å²) >= 11 is 0. The van der Waals surface area contributed by atoms with E-state index in [1.807, 2.05) is 0 Å². The van der Waals surface area contributed by atoms with E-state index in [0.29, 0.717) is 18.0 Å². The number of rotatable bonds is 7. The average Bonchev–Trinajstić information content (AvgIpc) is 2.10. The normalized spacial score (nSPS) is 16.3. The smallest absolute Gasteiger partial charge is 0.0618 e. The first kappa shape index (κ1) is 13.9. The highest BCUT2D eigenvalue weighted by molar-refractivity contribution is 4.73. The van der Waals surface area contributed by atoms with E-state index in [0.717, 1.165) is 13.2 Å². The molecule has 2 atom stereocenters. The summed E-state index contributed by atoms with van der Waals surface area (Å²) in [6.07, 6.45) is 0. The van der Waals surface area contributed by atoms with Crippen LogP contribution in [0.4, 0.5) is 0 Å². The fraction of sp³-hybridized carbons (Fsp3) is 1.00. The Morgan fingerprint density at radius 1 is 1.21 bits per heavy atom. The molecule has 1 N–H and O–H groups in total. The van der Waals surface area contributed by atoms with Gasteiger partial charge in [0.25, 0.3) is 0 Å². The third-order valence-electron chi connectivity index (χ3n) is 2.71. The molecule has 0 heterocycles. The first-order valence-corrected chi connectivity index (χ1v) is 5.37. The van der Waals surface area contributed by atoms with Crippen molar-refractivity contribution in [2.45, 2.75) is 32.9 Å². The number of hydrogen-bond donors (Lipinski definition) is 1. The van der Waals surface area contributed by atoms with E-state index in [1.54, 1.807) is 7.11 Å². The molecule has 3 nitrogen and oxygen atoms in total. The predicted molar refractivity (Wildman–Crippen MR) is 61.7 cm³/mol. The van der Waals surface area contributed by atoms with Crippen molar-refractivity contribution < 1.29 is 4.74 Å². The largest absolute Gasteiger partial charge is 0.383 e. The van der Waals surface area contributed by atoms with Crippen molar-refractivity contribution in [2.24, 2.45) is 5.92 Å². The quantitative estimate of drug-likeness (QED) is 0.671. The Balaban J connectivity index is 3.81. The van der Waals surface area contributed by atoms with Gasteiger partial charge in [-0.15, -0.1) is 0 Å². The molecular formula is C11H26N2O. The molecule has 14 heavy (non-hydrogen) atoms. The summed E-state index contributed by atoms with van der Waals surface area (Å²) in [5.41, 5.74) is 0. The van der Waals surface area contributed by atoms with E-state index in [1.165, 1.54) is 0 Å². The van der Waals surface area contributed by atoms with E-state index < -0.39 is 0 Å². The Hall–Kier alpha value is -0.120. The Morgan fingerprint density at radius 3 is 2.14 bits per heavy atom. The fourth-order valence-corrected chi connectivity index (χ4v) is 1.17. The maximum absolute atomic E-state index is 5.18. The van der Waals surface area contributed by atoms with Gasteiger partial charge in [-0.2, -0.15) is 0 Å². The Labute approximate surface area is 88.8 Å². The number of likely N-dealkylation sites (N-methyl/N-ethyl adjacent to an activating group) is 1. The summed E-state index contributed by atoms with van der Waals surface area (Å²) in [7, 11) is 5.96. The molecule has 0 bridgehead atoms. The molecule has 0 amide bonds. The fourth-order valence-electron chi connectivity index (χ4n) is 1.17. The third kappa shape index (κ3) is 5.58. The zero-order valence-electron chi connectivity index (χ0n) is 10.5. The summed E-state index contributed by atoms with van der Waals surface area (Å²) in [4.78, 5) is 2.22. The molecule has 0 spiro atoms. The molecule has 0 aromatic carbocycles. The molecule has 0 aromatic rings. The molecule has 0 saturated carbocycles. The second-order valence-electron chi connectivity index (χ2n) is 4.53. The van der Waals surface area contributed by atoms with Crippen molar-refractivity contribution in [1.29, 1.82) is 0 Å². The third-order valence-corrected chi connectivity index (χ3v) is 2.71. The molecule has 86 valence electrons. The zero-order chi connectivity index (χ0) is 11.1. The lowest BCUT2D eigenvalue weighted by molar-refractivity contribution is 0.142. The van der Waals surface area contributed by atoms with Gasteiger partial charge in [-0.3, -0.25) is 0 Å². The van der Waals surface area contributed by atoms with Gasteiger partial charge in [-0.05, 0) is 26.9 Å². The average molecular weight is 202 g/mol. The van der Waals surface area contributed by atoms with Crippen LogP contribution in [0.25, 0.3) is 0 Å². The van der Waals surface area contributed by atoms with Crippen LogP contribution >= 0.6 is 0 Å². The minimum atomic E-state index is 0.461. The van der Waals surface area contributed by atoms with Gasteiger partial charge in [0.15, 0.2) is 0 Å². The summed E-state index contributed by atoms with van der Waals surface area (Å²) in [6.45, 7) is 8.46. The van der Waals surface area contributed by atoms with E-state index >= 15 is 0 Å². The second kappa shape index (κ2) is 7.21. The van der Waals surface area contributed by atoms with Gasteiger partial charge < -0.3 is 15.0 Å². The van der Waals surface area contributed by atoms with Crippen LogP contribution in [0, 0.1) is 5.92 Å². The lowest BCUT2D eigenvalue weighted by atomic mass is 10.1. The van der Waals surface area contributed by atoms with Crippen LogP contribution in [0.5, 0.6) is 0 Å². The summed E-state index contributed by atoms with van der Waals surface area (Å²) < 4.78 is 5.18. The summed E-state index contributed by atoms with van der Waals surface area (Å²) in [5.74, 6) is 0.615. The molecule has 0 aliphatic carbocycles. The van der Waals surface area contributed by atoms with Crippen LogP contribution in [0.1, 0.15) is 20.8 Å². The van der Waals surface area contributed by atoms with Crippen molar-refractivity contribution >= 4 is 0 Å². The van der Waals surface area contributed by atoms with Gasteiger partial charge in [-0.25, -0.2) is 0 Å². The van der Waals surface area contributed by atoms with Crippen LogP contribution in [0.3, 0.4) is 0 Å². The Bertz CT molecular complexity index is 137. The maximum Gasteiger partial charge on any atom is 0.0618 e. The van der Waals surface area contributed by atoms with Crippen molar-refractivity contribution in [3.8, 4) is 0 Å². The van der Waals surface area contributed by atoms with Crippen LogP contribution in [-0.4, -0.2) is 51.3 Å². The highest BCUT2D eigenvalue weighted by Gasteiger charge is 2.14. The topological polar surface area (TPSA) is 24.5 Å². The second-order valence-corrected chi connectivity index (χ2v) is 4.53. The van der Waals surface area contributed by atoms with Gasteiger partial charge in [0, 0.05) is 25.7 Å². The molecule has 0 radical (unpaired) electrons. The summed E-state index contributed by atoms with van der Waals surface area (Å²) in [5, 5.41) is 3.53. The van der Waals surface area contributed by atoms with Crippen molar-refractivity contribution in [1.82, 2.24) is 10.2 Å². The molecule has 0 aromatic heterocycles. The minimum Gasteiger partial charge on any atom is -0.383 e. The molecule has 2 unspecified atom stereocenters.